The highest BCUT2D eigenvalue weighted by molar-refractivity contribution is 7.55. The summed E-state index contributed by atoms with van der Waals surface area (Å²) in [5, 5.41) is 9.22. The second-order valence-corrected chi connectivity index (χ2v) is 7.13. The van der Waals surface area contributed by atoms with Crippen molar-refractivity contribution in [2.45, 2.75) is 31.7 Å². The Balaban J connectivity index is 3.03. The van der Waals surface area contributed by atoms with Crippen LogP contribution in [0, 0.1) is 5.92 Å². The molecular weight excluding hydrogens is 229 g/mol. The second-order valence-electron chi connectivity index (χ2n) is 4.63. The molecule has 0 aliphatic carbocycles. The van der Waals surface area contributed by atoms with Crippen molar-refractivity contribution in [1.29, 1.82) is 0 Å². The van der Waals surface area contributed by atoms with Gasteiger partial charge in [-0.2, -0.15) is 0 Å². The van der Waals surface area contributed by atoms with Gasteiger partial charge in [0.15, 0.2) is 5.34 Å². The Morgan fingerprint density at radius 2 is 1.88 bits per heavy atom. The van der Waals surface area contributed by atoms with Crippen molar-refractivity contribution >= 4 is 7.60 Å². The third-order valence-corrected chi connectivity index (χ3v) is 6.19. The first-order chi connectivity index (χ1) is 7.30. The van der Waals surface area contributed by atoms with Gasteiger partial charge in [0.1, 0.15) is 0 Å². The Morgan fingerprint density at radius 3 is 2.31 bits per heavy atom. The number of piperidine rings is 1. The van der Waals surface area contributed by atoms with Gasteiger partial charge in [0, 0.05) is 39.1 Å². The zero-order valence-electron chi connectivity index (χ0n) is 10.6. The van der Waals surface area contributed by atoms with Gasteiger partial charge in [-0.3, -0.25) is 4.57 Å². The van der Waals surface area contributed by atoms with E-state index < -0.39 is 12.9 Å². The minimum absolute atomic E-state index is 0.153. The van der Waals surface area contributed by atoms with Gasteiger partial charge in [-0.05, 0) is 14.0 Å². The molecule has 1 N–H and O–H groups in total. The molecule has 0 saturated carbocycles. The van der Waals surface area contributed by atoms with Gasteiger partial charge in [0.2, 0.25) is 0 Å². The molecule has 16 heavy (non-hydrogen) atoms. The monoisotopic (exact) mass is 251 g/mol. The number of rotatable bonds is 3. The van der Waals surface area contributed by atoms with Gasteiger partial charge in [0.25, 0.3) is 0 Å². The molecule has 1 aliphatic heterocycles. The first kappa shape index (κ1) is 14.1. The van der Waals surface area contributed by atoms with Gasteiger partial charge < -0.3 is 19.1 Å². The third kappa shape index (κ3) is 2.07. The van der Waals surface area contributed by atoms with E-state index in [1.807, 2.05) is 20.9 Å². The Morgan fingerprint density at radius 1 is 1.38 bits per heavy atom. The summed E-state index contributed by atoms with van der Waals surface area (Å²) in [6, 6.07) is 0.153. The van der Waals surface area contributed by atoms with Crippen LogP contribution in [0.2, 0.25) is 0 Å². The molecule has 6 heteroatoms. The first-order valence-electron chi connectivity index (χ1n) is 5.45. The van der Waals surface area contributed by atoms with E-state index in [9.17, 15) is 9.67 Å². The maximum absolute atomic E-state index is 12.4. The average Bonchev–Trinajstić information content (AvgIpc) is 2.25. The minimum Gasteiger partial charge on any atom is -0.377 e. The largest absolute Gasteiger partial charge is 0.377 e. The lowest BCUT2D eigenvalue weighted by atomic mass is 9.91. The Hall–Kier alpha value is 0.0700. The molecule has 0 aromatic heterocycles. The van der Waals surface area contributed by atoms with Crippen LogP contribution < -0.4 is 0 Å². The zero-order valence-corrected chi connectivity index (χ0v) is 11.5. The summed E-state index contributed by atoms with van der Waals surface area (Å²) in [4.78, 5) is 2.13. The van der Waals surface area contributed by atoms with Gasteiger partial charge >= 0.3 is 7.60 Å². The summed E-state index contributed by atoms with van der Waals surface area (Å²) in [6.45, 7) is 4.54. The van der Waals surface area contributed by atoms with E-state index in [0.29, 0.717) is 13.0 Å². The molecule has 0 spiro atoms. The lowest BCUT2D eigenvalue weighted by Crippen LogP contribution is -2.53. The van der Waals surface area contributed by atoms with E-state index in [0.717, 1.165) is 0 Å². The van der Waals surface area contributed by atoms with E-state index in [4.69, 9.17) is 9.05 Å². The molecule has 1 heterocycles. The predicted octanol–water partition coefficient (Wildman–Crippen LogP) is 1.52. The van der Waals surface area contributed by atoms with E-state index in [1.165, 1.54) is 14.2 Å². The quantitative estimate of drug-likeness (QED) is 0.771. The molecule has 1 rings (SSSR count). The van der Waals surface area contributed by atoms with Crippen molar-refractivity contribution in [2.24, 2.45) is 5.92 Å². The smallest absolute Gasteiger partial charge is 0.361 e. The molecule has 0 amide bonds. The molecule has 0 aromatic rings. The van der Waals surface area contributed by atoms with Crippen LogP contribution in [0.15, 0.2) is 0 Å². The Kier molecular flexibility index (Phi) is 4.19. The van der Waals surface area contributed by atoms with Crippen molar-refractivity contribution in [3.63, 3.8) is 0 Å². The van der Waals surface area contributed by atoms with Crippen molar-refractivity contribution in [2.75, 3.05) is 27.8 Å². The fourth-order valence-electron chi connectivity index (χ4n) is 2.32. The van der Waals surface area contributed by atoms with Gasteiger partial charge in [0.05, 0.1) is 0 Å². The summed E-state index contributed by atoms with van der Waals surface area (Å²) in [7, 11) is 1.17. The highest BCUT2D eigenvalue weighted by Crippen LogP contribution is 2.63. The Labute approximate surface area is 97.3 Å². The Bertz CT molecular complexity index is 291. The highest BCUT2D eigenvalue weighted by Gasteiger charge is 2.55. The minimum atomic E-state index is -3.46. The summed E-state index contributed by atoms with van der Waals surface area (Å²) >= 11 is 0. The first-order valence-corrected chi connectivity index (χ1v) is 6.99. The molecule has 0 bridgehead atoms. The molecule has 1 fully saturated rings. The molecule has 96 valence electrons. The molecule has 0 unspecified atom stereocenters. The lowest BCUT2D eigenvalue weighted by Gasteiger charge is -2.47. The lowest BCUT2D eigenvalue weighted by molar-refractivity contribution is -0.0376. The molecule has 3 atom stereocenters. The number of likely N-dealkylation sites (tertiary alicyclic amines) is 1. The number of aliphatic hydroxyl groups is 1. The van der Waals surface area contributed by atoms with Crippen molar-refractivity contribution in [1.82, 2.24) is 4.90 Å². The maximum Gasteiger partial charge on any atom is 0.361 e. The topological polar surface area (TPSA) is 59.0 Å². The van der Waals surface area contributed by atoms with E-state index in [1.54, 1.807) is 0 Å². The van der Waals surface area contributed by atoms with Crippen LogP contribution in [-0.4, -0.2) is 49.2 Å². The van der Waals surface area contributed by atoms with Crippen LogP contribution in [0.5, 0.6) is 0 Å². The second kappa shape index (κ2) is 4.75. The van der Waals surface area contributed by atoms with E-state index >= 15 is 0 Å². The zero-order chi connectivity index (χ0) is 12.6. The van der Waals surface area contributed by atoms with Crippen molar-refractivity contribution in [3.05, 3.63) is 0 Å². The maximum atomic E-state index is 12.4. The molecule has 0 radical (unpaired) electrons. The molecule has 0 aromatic carbocycles. The van der Waals surface area contributed by atoms with Crippen LogP contribution in [0.3, 0.4) is 0 Å². The van der Waals surface area contributed by atoms with E-state index in [2.05, 4.69) is 4.90 Å². The van der Waals surface area contributed by atoms with E-state index in [-0.39, 0.29) is 12.0 Å². The van der Waals surface area contributed by atoms with Crippen molar-refractivity contribution < 1.29 is 18.7 Å². The number of nitrogens with zero attached hydrogens (tertiary/aromatic N) is 1. The van der Waals surface area contributed by atoms with Crippen molar-refractivity contribution in [3.8, 4) is 0 Å². The van der Waals surface area contributed by atoms with Crippen LogP contribution in [0.1, 0.15) is 20.3 Å². The normalized spacial score (nSPS) is 37.6. The fourth-order valence-corrected chi connectivity index (χ4v) is 4.21. The summed E-state index contributed by atoms with van der Waals surface area (Å²) in [6.07, 6.45) is 0.392. The fraction of sp³-hybridized carbons (Fsp3) is 1.00. The predicted molar refractivity (Wildman–Crippen MR) is 62.4 cm³/mol. The highest BCUT2D eigenvalue weighted by atomic mass is 31.2. The standard InChI is InChI=1S/C10H22NO4P/c1-8-7-11(3)9(2)6-10(8,12)16(13,14-4)15-5/h8-9,12H,6-7H2,1-5H3/t8-,9-,10+/m1/s1. The van der Waals surface area contributed by atoms with Crippen LogP contribution in [-0.2, 0) is 13.6 Å². The molecule has 5 nitrogen and oxygen atoms in total. The van der Waals surface area contributed by atoms with Gasteiger partial charge in [-0.25, -0.2) is 0 Å². The van der Waals surface area contributed by atoms with Crippen LogP contribution >= 0.6 is 7.60 Å². The molecular formula is C10H22NO4P. The summed E-state index contributed by atoms with van der Waals surface area (Å²) in [5.41, 5.74) is 0. The molecule has 1 aliphatic rings. The summed E-state index contributed by atoms with van der Waals surface area (Å²) in [5.74, 6) is -0.153. The van der Waals surface area contributed by atoms with Gasteiger partial charge in [-0.1, -0.05) is 6.92 Å². The number of hydrogen-bond donors (Lipinski definition) is 1. The average molecular weight is 251 g/mol. The SMILES string of the molecule is COP(=O)(OC)[C@@]1(O)C[C@@H](C)N(C)C[C@H]1C. The number of hydrogen-bond acceptors (Lipinski definition) is 5. The summed E-state index contributed by atoms with van der Waals surface area (Å²) < 4.78 is 22.3. The third-order valence-electron chi connectivity index (χ3n) is 3.65. The van der Waals surface area contributed by atoms with Gasteiger partial charge in [-0.15, -0.1) is 0 Å². The van der Waals surface area contributed by atoms with Crippen LogP contribution in [0.25, 0.3) is 0 Å². The van der Waals surface area contributed by atoms with Crippen LogP contribution in [0.4, 0.5) is 0 Å². The molecule has 1 saturated heterocycles.